The summed E-state index contributed by atoms with van der Waals surface area (Å²) < 4.78 is 0.0451. The van der Waals surface area contributed by atoms with Gasteiger partial charge in [0, 0.05) is 0 Å². The van der Waals surface area contributed by atoms with E-state index in [9.17, 15) is 19.5 Å². The number of hydrogen-bond acceptors (Lipinski definition) is 5. The maximum atomic E-state index is 12.5. The molecule has 0 aromatic heterocycles. The first-order valence-corrected chi connectivity index (χ1v) is 8.74. The van der Waals surface area contributed by atoms with Crippen LogP contribution in [0.2, 0.25) is 0 Å². The summed E-state index contributed by atoms with van der Waals surface area (Å²) in [6.45, 7) is 4.16. The van der Waals surface area contributed by atoms with Gasteiger partial charge in [-0.25, -0.2) is 4.79 Å². The molecule has 1 fully saturated rings. The Bertz CT molecular complexity index is 755. The highest BCUT2D eigenvalue weighted by atomic mass is 32.2. The van der Waals surface area contributed by atoms with Gasteiger partial charge in [0.1, 0.15) is 10.4 Å². The summed E-state index contributed by atoms with van der Waals surface area (Å²) in [6.07, 6.45) is 0.918. The molecule has 0 radical (unpaired) electrons. The monoisotopic (exact) mass is 379 g/mol. The number of thiocarbonyl (C=S) groups is 1. The highest BCUT2D eigenvalue weighted by molar-refractivity contribution is 8.26. The molecule has 2 N–H and O–H groups in total. The highest BCUT2D eigenvalue weighted by Crippen LogP contribution is 2.34. The molecular formula is C17H17NO5S2. The summed E-state index contributed by atoms with van der Waals surface area (Å²) in [6, 6.07) is 6.14. The average molecular weight is 379 g/mol. The van der Waals surface area contributed by atoms with Crippen LogP contribution in [0.3, 0.4) is 0 Å². The summed E-state index contributed by atoms with van der Waals surface area (Å²) in [7, 11) is 0. The lowest BCUT2D eigenvalue weighted by Crippen LogP contribution is -2.45. The van der Waals surface area contributed by atoms with Crippen molar-refractivity contribution in [2.75, 3.05) is 0 Å². The van der Waals surface area contributed by atoms with Crippen molar-refractivity contribution < 1.29 is 24.6 Å². The van der Waals surface area contributed by atoms with Gasteiger partial charge in [0.15, 0.2) is 0 Å². The molecule has 1 amide bonds. The Labute approximate surface area is 154 Å². The summed E-state index contributed by atoms with van der Waals surface area (Å²) in [4.78, 5) is 35.9. The van der Waals surface area contributed by atoms with E-state index in [2.05, 4.69) is 13.8 Å². The summed E-state index contributed by atoms with van der Waals surface area (Å²) >= 11 is 6.06. The Kier molecular flexibility index (Phi) is 5.97. The number of amides is 1. The third-order valence-corrected chi connectivity index (χ3v) is 5.02. The van der Waals surface area contributed by atoms with E-state index in [1.807, 2.05) is 24.3 Å². The lowest BCUT2D eigenvalue weighted by molar-refractivity contribution is -0.150. The Morgan fingerprint density at radius 1 is 1.24 bits per heavy atom. The molecule has 0 spiro atoms. The molecule has 1 aliphatic rings. The van der Waals surface area contributed by atoms with Crippen LogP contribution >= 0.6 is 24.0 Å². The number of aliphatic carboxylic acids is 2. The Balaban J connectivity index is 2.27. The van der Waals surface area contributed by atoms with Crippen LogP contribution in [0.5, 0.6) is 0 Å². The second kappa shape index (κ2) is 7.79. The molecule has 2 rings (SSSR count). The normalized spacial score (nSPS) is 17.4. The van der Waals surface area contributed by atoms with Crippen LogP contribution in [-0.4, -0.2) is 43.3 Å². The third kappa shape index (κ3) is 4.46. The van der Waals surface area contributed by atoms with Gasteiger partial charge in [-0.2, -0.15) is 0 Å². The fourth-order valence-electron chi connectivity index (χ4n) is 2.33. The molecule has 0 bridgehead atoms. The number of carboxylic acid groups (broad SMARTS) is 2. The van der Waals surface area contributed by atoms with Crippen molar-refractivity contribution in [2.45, 2.75) is 32.2 Å². The number of nitrogens with zero attached hydrogens (tertiary/aromatic N) is 1. The minimum atomic E-state index is -1.51. The lowest BCUT2D eigenvalue weighted by atomic mass is 10.0. The molecular weight excluding hydrogens is 362 g/mol. The molecule has 1 saturated heterocycles. The molecule has 1 aromatic rings. The van der Waals surface area contributed by atoms with E-state index >= 15 is 0 Å². The van der Waals surface area contributed by atoms with Crippen molar-refractivity contribution >= 4 is 52.2 Å². The van der Waals surface area contributed by atoms with Crippen LogP contribution in [-0.2, 0) is 14.4 Å². The van der Waals surface area contributed by atoms with Crippen molar-refractivity contribution in [1.29, 1.82) is 0 Å². The zero-order valence-corrected chi connectivity index (χ0v) is 15.3. The molecule has 6 nitrogen and oxygen atoms in total. The van der Waals surface area contributed by atoms with E-state index in [4.69, 9.17) is 17.3 Å². The number of rotatable bonds is 6. The van der Waals surface area contributed by atoms with Gasteiger partial charge >= 0.3 is 11.9 Å². The predicted octanol–water partition coefficient (Wildman–Crippen LogP) is 2.94. The van der Waals surface area contributed by atoms with E-state index in [1.165, 1.54) is 0 Å². The molecule has 8 heteroatoms. The molecule has 1 aliphatic heterocycles. The first-order chi connectivity index (χ1) is 11.7. The zero-order valence-electron chi connectivity index (χ0n) is 13.6. The van der Waals surface area contributed by atoms with E-state index in [1.54, 1.807) is 6.08 Å². The standard InChI is InChI=1S/C17H17NO5S2/c1-9(2)11-5-3-10(4-6-11)7-13-15(21)18(17(24)25-13)12(16(22)23)8-14(19)20/h3-7,9,12H,8H2,1-2H3,(H,19,20)(H,22,23)/b13-7-/t12-/m1/s1. The molecule has 25 heavy (non-hydrogen) atoms. The highest BCUT2D eigenvalue weighted by Gasteiger charge is 2.41. The molecule has 0 saturated carbocycles. The summed E-state index contributed by atoms with van der Waals surface area (Å²) in [5.74, 6) is -2.91. The van der Waals surface area contributed by atoms with Crippen LogP contribution in [0, 0.1) is 0 Å². The van der Waals surface area contributed by atoms with Gasteiger partial charge in [-0.15, -0.1) is 0 Å². The fourth-order valence-corrected chi connectivity index (χ4v) is 3.69. The number of carbonyl (C=O) groups excluding carboxylic acids is 1. The van der Waals surface area contributed by atoms with E-state index in [0.29, 0.717) is 5.92 Å². The van der Waals surface area contributed by atoms with Crippen molar-refractivity contribution in [3.05, 3.63) is 40.3 Å². The van der Waals surface area contributed by atoms with Crippen LogP contribution < -0.4 is 0 Å². The first-order valence-electron chi connectivity index (χ1n) is 7.52. The minimum absolute atomic E-state index is 0.0451. The van der Waals surface area contributed by atoms with Crippen molar-refractivity contribution in [3.63, 3.8) is 0 Å². The molecule has 1 aromatic carbocycles. The molecule has 1 heterocycles. The van der Waals surface area contributed by atoms with E-state index in [-0.39, 0.29) is 9.23 Å². The van der Waals surface area contributed by atoms with Crippen molar-refractivity contribution in [2.24, 2.45) is 0 Å². The number of carbonyl (C=O) groups is 3. The van der Waals surface area contributed by atoms with Gasteiger partial charge in [0.05, 0.1) is 11.3 Å². The second-order valence-electron chi connectivity index (χ2n) is 5.82. The van der Waals surface area contributed by atoms with Gasteiger partial charge in [-0.1, -0.05) is 62.1 Å². The van der Waals surface area contributed by atoms with Crippen LogP contribution in [0.15, 0.2) is 29.2 Å². The van der Waals surface area contributed by atoms with Gasteiger partial charge in [-0.3, -0.25) is 14.5 Å². The Morgan fingerprint density at radius 2 is 1.84 bits per heavy atom. The minimum Gasteiger partial charge on any atom is -0.481 e. The fraction of sp³-hybridized carbons (Fsp3) is 0.294. The summed E-state index contributed by atoms with van der Waals surface area (Å²) in [5, 5.41) is 18.1. The maximum absolute atomic E-state index is 12.5. The SMILES string of the molecule is CC(C)c1ccc(/C=C2\SC(=S)N([C@H](CC(=O)O)C(=O)O)C2=O)cc1. The quantitative estimate of drug-likeness (QED) is 0.579. The van der Waals surface area contributed by atoms with Crippen LogP contribution in [0.4, 0.5) is 0 Å². The molecule has 0 unspecified atom stereocenters. The van der Waals surface area contributed by atoms with Gasteiger partial charge in [0.25, 0.3) is 5.91 Å². The van der Waals surface area contributed by atoms with E-state index in [0.717, 1.165) is 27.8 Å². The van der Waals surface area contributed by atoms with Gasteiger partial charge in [-0.05, 0) is 23.1 Å². The number of carboxylic acids is 2. The van der Waals surface area contributed by atoms with Crippen molar-refractivity contribution in [3.8, 4) is 0 Å². The smallest absolute Gasteiger partial charge is 0.327 e. The van der Waals surface area contributed by atoms with Gasteiger partial charge < -0.3 is 10.2 Å². The summed E-state index contributed by atoms with van der Waals surface area (Å²) in [5.41, 5.74) is 1.95. The lowest BCUT2D eigenvalue weighted by Gasteiger charge is -2.21. The predicted molar refractivity (Wildman–Crippen MR) is 99.2 cm³/mol. The topological polar surface area (TPSA) is 94.9 Å². The molecule has 1 atom stereocenters. The third-order valence-electron chi connectivity index (χ3n) is 3.69. The maximum Gasteiger partial charge on any atom is 0.327 e. The molecule has 132 valence electrons. The van der Waals surface area contributed by atoms with Crippen molar-refractivity contribution in [1.82, 2.24) is 4.90 Å². The van der Waals surface area contributed by atoms with Crippen LogP contribution in [0.1, 0.15) is 37.3 Å². The molecule has 0 aliphatic carbocycles. The van der Waals surface area contributed by atoms with Crippen LogP contribution in [0.25, 0.3) is 6.08 Å². The van der Waals surface area contributed by atoms with E-state index < -0.39 is 30.3 Å². The first kappa shape index (κ1) is 19.1. The second-order valence-corrected chi connectivity index (χ2v) is 7.50. The van der Waals surface area contributed by atoms with Gasteiger partial charge in [0.2, 0.25) is 0 Å². The largest absolute Gasteiger partial charge is 0.481 e. The number of thioether (sulfide) groups is 1. The average Bonchev–Trinajstić information content (AvgIpc) is 2.79. The number of benzene rings is 1. The Hall–Kier alpha value is -2.19. The zero-order chi connectivity index (χ0) is 18.7. The Morgan fingerprint density at radius 3 is 2.32 bits per heavy atom. The number of hydrogen-bond donors (Lipinski definition) is 2.